The second-order valence-electron chi connectivity index (χ2n) is 4.72. The number of carboxylic acids is 1. The molecule has 0 spiro atoms. The topological polar surface area (TPSA) is 78.4 Å². The van der Waals surface area contributed by atoms with E-state index >= 15 is 0 Å². The smallest absolute Gasteiger partial charge is 0.329 e. The van der Waals surface area contributed by atoms with Crippen LogP contribution >= 0.6 is 0 Å². The first-order valence-electron chi connectivity index (χ1n) is 5.44. The Hall–Kier alpha value is -1.10. The highest BCUT2D eigenvalue weighted by molar-refractivity contribution is 5.91. The van der Waals surface area contributed by atoms with Gasteiger partial charge in [0.15, 0.2) is 0 Å². The van der Waals surface area contributed by atoms with Gasteiger partial charge in [-0.2, -0.15) is 0 Å². The van der Waals surface area contributed by atoms with E-state index in [1.807, 2.05) is 6.92 Å². The molecule has 1 atom stereocenters. The van der Waals surface area contributed by atoms with Gasteiger partial charge in [-0.3, -0.25) is 4.79 Å². The molecule has 0 aromatic heterocycles. The lowest BCUT2D eigenvalue weighted by atomic mass is 9.94. The van der Waals surface area contributed by atoms with Gasteiger partial charge in [0.05, 0.1) is 5.54 Å². The Kier molecular flexibility index (Phi) is 4.93. The monoisotopic (exact) mass is 230 g/mol. The van der Waals surface area contributed by atoms with Crippen LogP contribution in [0.25, 0.3) is 0 Å². The van der Waals surface area contributed by atoms with Gasteiger partial charge in [0.25, 0.3) is 0 Å². The van der Waals surface area contributed by atoms with Gasteiger partial charge in [-0.25, -0.2) is 4.79 Å². The quantitative estimate of drug-likeness (QED) is 0.629. The van der Waals surface area contributed by atoms with E-state index in [1.165, 1.54) is 6.92 Å². The Morgan fingerprint density at radius 3 is 2.06 bits per heavy atom. The summed E-state index contributed by atoms with van der Waals surface area (Å²) in [7, 11) is 1.66. The fourth-order valence-electron chi connectivity index (χ4n) is 1.24. The zero-order valence-corrected chi connectivity index (χ0v) is 10.7. The van der Waals surface area contributed by atoms with E-state index in [0.717, 1.165) is 0 Å². The van der Waals surface area contributed by atoms with Gasteiger partial charge in [-0.05, 0) is 34.2 Å². The molecule has 5 nitrogen and oxygen atoms in total. The molecule has 0 saturated heterocycles. The van der Waals surface area contributed by atoms with E-state index in [-0.39, 0.29) is 5.91 Å². The highest BCUT2D eigenvalue weighted by Gasteiger charge is 2.37. The van der Waals surface area contributed by atoms with E-state index in [0.29, 0.717) is 12.8 Å². The standard InChI is InChI=1S/C11H22N2O3/c1-6-7-11(4,9(15)16)13-8(14)10(2,3)12-5/h12H,6-7H2,1-5H3,(H,13,14)(H,15,16). The number of aliphatic carboxylic acids is 1. The Morgan fingerprint density at radius 1 is 1.25 bits per heavy atom. The first-order valence-corrected chi connectivity index (χ1v) is 5.44. The average molecular weight is 230 g/mol. The minimum atomic E-state index is -1.19. The molecule has 0 saturated carbocycles. The van der Waals surface area contributed by atoms with Crippen molar-refractivity contribution in [2.24, 2.45) is 0 Å². The molecule has 0 fully saturated rings. The number of amides is 1. The van der Waals surface area contributed by atoms with Gasteiger partial charge >= 0.3 is 5.97 Å². The molecular weight excluding hydrogens is 208 g/mol. The van der Waals surface area contributed by atoms with Crippen molar-refractivity contribution in [1.82, 2.24) is 10.6 Å². The molecule has 0 heterocycles. The van der Waals surface area contributed by atoms with E-state index in [9.17, 15) is 9.59 Å². The molecule has 0 aliphatic carbocycles. The molecule has 0 aliphatic heterocycles. The SMILES string of the molecule is CCCC(C)(NC(=O)C(C)(C)NC)C(=O)O. The maximum atomic E-state index is 11.9. The van der Waals surface area contributed by atoms with Crippen LogP contribution in [-0.2, 0) is 9.59 Å². The fraction of sp³-hybridized carbons (Fsp3) is 0.818. The van der Waals surface area contributed by atoms with Crippen LogP contribution in [0, 0.1) is 0 Å². The van der Waals surface area contributed by atoms with Crippen LogP contribution in [0.15, 0.2) is 0 Å². The van der Waals surface area contributed by atoms with E-state index < -0.39 is 17.0 Å². The summed E-state index contributed by atoms with van der Waals surface area (Å²) in [6, 6.07) is 0. The van der Waals surface area contributed by atoms with Gasteiger partial charge in [-0.1, -0.05) is 13.3 Å². The molecule has 0 bridgehead atoms. The first kappa shape index (κ1) is 14.9. The second kappa shape index (κ2) is 5.30. The second-order valence-corrected chi connectivity index (χ2v) is 4.72. The van der Waals surface area contributed by atoms with Crippen molar-refractivity contribution in [3.63, 3.8) is 0 Å². The molecule has 3 N–H and O–H groups in total. The van der Waals surface area contributed by atoms with Crippen LogP contribution < -0.4 is 10.6 Å². The zero-order valence-electron chi connectivity index (χ0n) is 10.7. The number of likely N-dealkylation sites (N-methyl/N-ethyl adjacent to an activating group) is 1. The van der Waals surface area contributed by atoms with Crippen LogP contribution in [0.2, 0.25) is 0 Å². The number of nitrogens with one attached hydrogen (secondary N) is 2. The molecule has 5 heteroatoms. The normalized spacial score (nSPS) is 15.3. The predicted octanol–water partition coefficient (Wildman–Crippen LogP) is 0.744. The van der Waals surface area contributed by atoms with Crippen molar-refractivity contribution >= 4 is 11.9 Å². The van der Waals surface area contributed by atoms with Crippen LogP contribution in [0.5, 0.6) is 0 Å². The van der Waals surface area contributed by atoms with Crippen molar-refractivity contribution < 1.29 is 14.7 Å². The largest absolute Gasteiger partial charge is 0.480 e. The Morgan fingerprint density at radius 2 is 1.75 bits per heavy atom. The van der Waals surface area contributed by atoms with Crippen molar-refractivity contribution in [1.29, 1.82) is 0 Å². The Bertz CT molecular complexity index is 276. The number of rotatable bonds is 6. The molecule has 0 aromatic rings. The van der Waals surface area contributed by atoms with Crippen molar-refractivity contribution in [3.05, 3.63) is 0 Å². The number of carbonyl (C=O) groups is 2. The van der Waals surface area contributed by atoms with Crippen LogP contribution in [-0.4, -0.2) is 35.1 Å². The number of hydrogen-bond acceptors (Lipinski definition) is 3. The third kappa shape index (κ3) is 3.48. The highest BCUT2D eigenvalue weighted by atomic mass is 16.4. The first-order chi connectivity index (χ1) is 7.19. The molecule has 0 radical (unpaired) electrons. The van der Waals surface area contributed by atoms with Crippen LogP contribution in [0.4, 0.5) is 0 Å². The van der Waals surface area contributed by atoms with Gasteiger partial charge in [0, 0.05) is 0 Å². The van der Waals surface area contributed by atoms with Gasteiger partial charge in [-0.15, -0.1) is 0 Å². The summed E-state index contributed by atoms with van der Waals surface area (Å²) < 4.78 is 0. The summed E-state index contributed by atoms with van der Waals surface area (Å²) in [5.74, 6) is -1.32. The summed E-state index contributed by atoms with van der Waals surface area (Å²) in [5.41, 5.74) is -1.97. The summed E-state index contributed by atoms with van der Waals surface area (Å²) >= 11 is 0. The van der Waals surface area contributed by atoms with Gasteiger partial charge in [0.2, 0.25) is 5.91 Å². The van der Waals surface area contributed by atoms with E-state index in [2.05, 4.69) is 10.6 Å². The molecule has 0 aliphatic rings. The zero-order chi connectivity index (χ0) is 13.0. The van der Waals surface area contributed by atoms with E-state index in [4.69, 9.17) is 5.11 Å². The predicted molar refractivity (Wildman–Crippen MR) is 62.2 cm³/mol. The summed E-state index contributed by atoms with van der Waals surface area (Å²) in [6.45, 7) is 6.83. The molecule has 0 aromatic carbocycles. The number of carbonyl (C=O) groups excluding carboxylic acids is 1. The molecule has 94 valence electrons. The molecular formula is C11H22N2O3. The molecule has 1 amide bonds. The van der Waals surface area contributed by atoms with E-state index in [1.54, 1.807) is 20.9 Å². The highest BCUT2D eigenvalue weighted by Crippen LogP contribution is 2.14. The third-order valence-corrected chi connectivity index (χ3v) is 2.80. The lowest BCUT2D eigenvalue weighted by Crippen LogP contribution is -2.60. The van der Waals surface area contributed by atoms with Crippen LogP contribution in [0.1, 0.15) is 40.5 Å². The molecule has 1 unspecified atom stereocenters. The van der Waals surface area contributed by atoms with Gasteiger partial charge < -0.3 is 15.7 Å². The Balaban J connectivity index is 4.78. The lowest BCUT2D eigenvalue weighted by molar-refractivity contribution is -0.148. The van der Waals surface area contributed by atoms with Crippen molar-refractivity contribution in [3.8, 4) is 0 Å². The van der Waals surface area contributed by atoms with Crippen molar-refractivity contribution in [2.45, 2.75) is 51.6 Å². The Labute approximate surface area is 96.6 Å². The fourth-order valence-corrected chi connectivity index (χ4v) is 1.24. The van der Waals surface area contributed by atoms with Crippen LogP contribution in [0.3, 0.4) is 0 Å². The summed E-state index contributed by atoms with van der Waals surface area (Å²) in [6.07, 6.45) is 1.11. The van der Waals surface area contributed by atoms with Gasteiger partial charge in [0.1, 0.15) is 5.54 Å². The third-order valence-electron chi connectivity index (χ3n) is 2.80. The minimum Gasteiger partial charge on any atom is -0.480 e. The summed E-state index contributed by atoms with van der Waals surface area (Å²) in [4.78, 5) is 23.0. The minimum absolute atomic E-state index is 0.312. The number of carboxylic acid groups (broad SMARTS) is 1. The maximum Gasteiger partial charge on any atom is 0.329 e. The molecule has 0 rings (SSSR count). The molecule has 16 heavy (non-hydrogen) atoms. The maximum absolute atomic E-state index is 11.9. The van der Waals surface area contributed by atoms with Crippen molar-refractivity contribution in [2.75, 3.05) is 7.05 Å². The summed E-state index contributed by atoms with van der Waals surface area (Å²) in [5, 5.41) is 14.5. The number of hydrogen-bond donors (Lipinski definition) is 3. The lowest BCUT2D eigenvalue weighted by Gasteiger charge is -2.31. The average Bonchev–Trinajstić information content (AvgIpc) is 2.17.